The molecule has 0 amide bonds. The van der Waals surface area contributed by atoms with Gasteiger partial charge in [-0.2, -0.15) is 0 Å². The molecule has 0 saturated heterocycles. The second-order valence-electron chi connectivity index (χ2n) is 7.46. The van der Waals surface area contributed by atoms with Gasteiger partial charge in [0.2, 0.25) is 0 Å². The van der Waals surface area contributed by atoms with Crippen molar-refractivity contribution in [1.82, 2.24) is 19.6 Å². The van der Waals surface area contributed by atoms with Crippen LogP contribution in [0.4, 0.5) is 0 Å². The average molecular weight is 427 g/mol. The Bertz CT molecular complexity index is 1140. The van der Waals surface area contributed by atoms with E-state index in [1.54, 1.807) is 0 Å². The Morgan fingerprint density at radius 3 is 2.48 bits per heavy atom. The number of nitrogens with one attached hydrogen (secondary N) is 1. The van der Waals surface area contributed by atoms with Gasteiger partial charge < -0.3 is 14.6 Å². The molecule has 0 aliphatic heterocycles. The van der Waals surface area contributed by atoms with E-state index in [-0.39, 0.29) is 0 Å². The van der Waals surface area contributed by atoms with E-state index in [1.165, 1.54) is 5.69 Å². The van der Waals surface area contributed by atoms with Crippen molar-refractivity contribution < 1.29 is 0 Å². The third kappa shape index (κ3) is 4.26. The zero-order chi connectivity index (χ0) is 20.4. The molecule has 2 aromatic heterocycles. The first kappa shape index (κ1) is 20.2. The molecule has 0 saturated carbocycles. The van der Waals surface area contributed by atoms with Gasteiger partial charge in [-0.05, 0) is 57.9 Å². The second kappa shape index (κ2) is 8.72. The van der Waals surface area contributed by atoms with Crippen LogP contribution in [0.15, 0.2) is 54.6 Å². The van der Waals surface area contributed by atoms with Crippen molar-refractivity contribution in [3.8, 4) is 11.3 Å². The van der Waals surface area contributed by atoms with Gasteiger partial charge in [-0.3, -0.25) is 0 Å². The van der Waals surface area contributed by atoms with Gasteiger partial charge in [0.25, 0.3) is 0 Å². The van der Waals surface area contributed by atoms with Gasteiger partial charge in [-0.1, -0.05) is 53.5 Å². The summed E-state index contributed by atoms with van der Waals surface area (Å²) < 4.78 is 2.24. The minimum absolute atomic E-state index is 0.514. The predicted molar refractivity (Wildman–Crippen MR) is 123 cm³/mol. The van der Waals surface area contributed by atoms with Crippen LogP contribution in [0.3, 0.4) is 0 Å². The van der Waals surface area contributed by atoms with Crippen molar-refractivity contribution >= 4 is 39.8 Å². The molecular formula is C23H24Cl2N4. The van der Waals surface area contributed by atoms with Crippen LogP contribution < -0.4 is 5.32 Å². The Balaban J connectivity index is 1.79. The number of aromatic nitrogens is 2. The molecule has 4 aromatic rings. The van der Waals surface area contributed by atoms with E-state index < -0.39 is 0 Å². The van der Waals surface area contributed by atoms with E-state index in [0.29, 0.717) is 10.0 Å². The van der Waals surface area contributed by atoms with E-state index in [4.69, 9.17) is 28.2 Å². The molecule has 2 aromatic carbocycles. The maximum absolute atomic E-state index is 6.35. The lowest BCUT2D eigenvalue weighted by atomic mass is 10.1. The molecule has 2 heterocycles. The summed E-state index contributed by atoms with van der Waals surface area (Å²) in [6, 6.07) is 18.3. The lowest BCUT2D eigenvalue weighted by Gasteiger charge is -2.13. The van der Waals surface area contributed by atoms with Crippen LogP contribution in [0.5, 0.6) is 0 Å². The predicted octanol–water partition coefficient (Wildman–Crippen LogP) is 5.50. The van der Waals surface area contributed by atoms with E-state index in [1.807, 2.05) is 30.3 Å². The molecule has 29 heavy (non-hydrogen) atoms. The highest BCUT2D eigenvalue weighted by Gasteiger charge is 2.15. The maximum Gasteiger partial charge on any atom is 0.0950 e. The topological polar surface area (TPSA) is 32.6 Å². The number of benzene rings is 2. The first-order chi connectivity index (χ1) is 14.0. The highest BCUT2D eigenvalue weighted by atomic mass is 35.5. The summed E-state index contributed by atoms with van der Waals surface area (Å²) >= 11 is 12.6. The van der Waals surface area contributed by atoms with Crippen LogP contribution in [-0.2, 0) is 6.54 Å². The van der Waals surface area contributed by atoms with Gasteiger partial charge >= 0.3 is 0 Å². The number of rotatable bonds is 7. The Labute approximate surface area is 181 Å². The third-order valence-corrected chi connectivity index (χ3v) is 5.73. The van der Waals surface area contributed by atoms with Crippen molar-refractivity contribution in [3.05, 3.63) is 70.3 Å². The van der Waals surface area contributed by atoms with E-state index >= 15 is 0 Å². The van der Waals surface area contributed by atoms with Crippen LogP contribution in [-0.4, -0.2) is 41.5 Å². The molecule has 6 heteroatoms. The molecule has 0 fully saturated rings. The van der Waals surface area contributed by atoms with E-state index in [2.05, 4.69) is 53.0 Å². The summed E-state index contributed by atoms with van der Waals surface area (Å²) in [5.41, 5.74) is 6.05. The smallest absolute Gasteiger partial charge is 0.0950 e. The minimum atomic E-state index is 0.514. The van der Waals surface area contributed by atoms with Crippen molar-refractivity contribution in [1.29, 1.82) is 0 Å². The van der Waals surface area contributed by atoms with Crippen molar-refractivity contribution in [2.24, 2.45) is 0 Å². The second-order valence-corrected chi connectivity index (χ2v) is 8.27. The molecule has 150 valence electrons. The molecular weight excluding hydrogens is 403 g/mol. The zero-order valence-corrected chi connectivity index (χ0v) is 18.1. The van der Waals surface area contributed by atoms with Crippen LogP contribution in [0.25, 0.3) is 27.8 Å². The summed E-state index contributed by atoms with van der Waals surface area (Å²) in [4.78, 5) is 7.13. The summed E-state index contributed by atoms with van der Waals surface area (Å²) in [7, 11) is 4.19. The fourth-order valence-corrected chi connectivity index (χ4v) is 3.92. The Hall–Kier alpha value is -2.11. The minimum Gasteiger partial charge on any atom is -0.311 e. The summed E-state index contributed by atoms with van der Waals surface area (Å²) in [5, 5.41) is 4.61. The SMILES string of the molecule is CN(C)CCCNCc1ccc2c(-c3ccccc3)nc3cc(Cl)c(Cl)cc3n12. The normalized spacial score (nSPS) is 11.8. The Morgan fingerprint density at radius 1 is 0.966 bits per heavy atom. The average Bonchev–Trinajstić information content (AvgIpc) is 3.13. The van der Waals surface area contributed by atoms with Crippen LogP contribution in [0.1, 0.15) is 12.1 Å². The molecule has 4 rings (SSSR count). The third-order valence-electron chi connectivity index (χ3n) is 5.01. The Morgan fingerprint density at radius 2 is 1.72 bits per heavy atom. The zero-order valence-electron chi connectivity index (χ0n) is 16.6. The van der Waals surface area contributed by atoms with Crippen LogP contribution >= 0.6 is 23.2 Å². The molecule has 1 N–H and O–H groups in total. The van der Waals surface area contributed by atoms with Gasteiger partial charge in [-0.25, -0.2) is 4.98 Å². The van der Waals surface area contributed by atoms with Crippen molar-refractivity contribution in [3.63, 3.8) is 0 Å². The summed E-state index contributed by atoms with van der Waals surface area (Å²) in [6.07, 6.45) is 1.11. The first-order valence-corrected chi connectivity index (χ1v) is 10.5. The lowest BCUT2D eigenvalue weighted by Crippen LogP contribution is -2.21. The molecule has 0 spiro atoms. The fraction of sp³-hybridized carbons (Fsp3) is 0.261. The lowest BCUT2D eigenvalue weighted by molar-refractivity contribution is 0.394. The molecule has 0 radical (unpaired) electrons. The number of hydrogen-bond acceptors (Lipinski definition) is 3. The first-order valence-electron chi connectivity index (χ1n) is 9.74. The maximum atomic E-state index is 6.35. The molecule has 0 unspecified atom stereocenters. The van der Waals surface area contributed by atoms with Crippen LogP contribution in [0, 0.1) is 0 Å². The van der Waals surface area contributed by atoms with Crippen molar-refractivity contribution in [2.45, 2.75) is 13.0 Å². The number of fused-ring (bicyclic) bond motifs is 3. The largest absolute Gasteiger partial charge is 0.311 e. The summed E-state index contributed by atoms with van der Waals surface area (Å²) in [5.74, 6) is 0. The van der Waals surface area contributed by atoms with Gasteiger partial charge in [0.05, 0.1) is 32.3 Å². The summed E-state index contributed by atoms with van der Waals surface area (Å²) in [6.45, 7) is 2.81. The van der Waals surface area contributed by atoms with E-state index in [0.717, 1.165) is 53.9 Å². The Kier molecular flexibility index (Phi) is 6.07. The molecule has 4 nitrogen and oxygen atoms in total. The highest BCUT2D eigenvalue weighted by molar-refractivity contribution is 6.42. The highest BCUT2D eigenvalue weighted by Crippen LogP contribution is 2.32. The standard InChI is InChI=1S/C23H24Cl2N4/c1-28(2)12-6-11-26-15-17-9-10-21-23(16-7-4-3-5-8-16)27-20-13-18(24)19(25)14-22(20)29(17)21/h3-5,7-10,13-14,26H,6,11-12,15H2,1-2H3. The van der Waals surface area contributed by atoms with Gasteiger partial charge in [0, 0.05) is 17.8 Å². The quantitative estimate of drug-likeness (QED) is 0.395. The van der Waals surface area contributed by atoms with Crippen molar-refractivity contribution in [2.75, 3.05) is 27.2 Å². The monoisotopic (exact) mass is 426 g/mol. The van der Waals surface area contributed by atoms with Gasteiger partial charge in [0.1, 0.15) is 0 Å². The number of nitrogens with zero attached hydrogens (tertiary/aromatic N) is 3. The number of halogens is 2. The fourth-order valence-electron chi connectivity index (χ4n) is 3.60. The molecule has 0 aliphatic rings. The van der Waals surface area contributed by atoms with Gasteiger partial charge in [0.15, 0.2) is 0 Å². The van der Waals surface area contributed by atoms with Gasteiger partial charge in [-0.15, -0.1) is 0 Å². The van der Waals surface area contributed by atoms with E-state index in [9.17, 15) is 0 Å². The molecule has 0 aliphatic carbocycles. The molecule has 0 atom stereocenters. The molecule has 0 bridgehead atoms. The van der Waals surface area contributed by atoms with Crippen LogP contribution in [0.2, 0.25) is 10.0 Å². The number of hydrogen-bond donors (Lipinski definition) is 1.